The molecule has 2 aromatic rings. The minimum atomic E-state index is -0.781. The number of nitrogens with zero attached hydrogens (tertiary/aromatic N) is 2. The summed E-state index contributed by atoms with van der Waals surface area (Å²) in [5, 5.41) is 0. The van der Waals surface area contributed by atoms with Gasteiger partial charge in [-0.1, -0.05) is 30.3 Å². The summed E-state index contributed by atoms with van der Waals surface area (Å²) in [6.45, 7) is 3.24. The highest BCUT2D eigenvalue weighted by Crippen LogP contribution is 2.30. The Bertz CT molecular complexity index is 796. The predicted octanol–water partition coefficient (Wildman–Crippen LogP) is 3.70. The quantitative estimate of drug-likeness (QED) is 0.837. The molecule has 5 heteroatoms. The maximum atomic E-state index is 14.1. The van der Waals surface area contributed by atoms with Gasteiger partial charge in [-0.3, -0.25) is 9.69 Å². The van der Waals surface area contributed by atoms with Crippen molar-refractivity contribution in [1.82, 2.24) is 9.80 Å². The van der Waals surface area contributed by atoms with Crippen molar-refractivity contribution in [2.75, 3.05) is 19.6 Å². The van der Waals surface area contributed by atoms with Crippen LogP contribution in [0, 0.1) is 17.6 Å². The van der Waals surface area contributed by atoms with E-state index < -0.39 is 11.6 Å². The summed E-state index contributed by atoms with van der Waals surface area (Å²) in [6, 6.07) is 13.6. The Kier molecular flexibility index (Phi) is 4.72. The van der Waals surface area contributed by atoms with E-state index in [0.29, 0.717) is 12.5 Å². The molecule has 0 unspecified atom stereocenters. The van der Waals surface area contributed by atoms with Crippen LogP contribution in [0.15, 0.2) is 48.5 Å². The predicted molar refractivity (Wildman–Crippen MR) is 95.6 cm³/mol. The SMILES string of the molecule is O=C(c1ccc(F)cc1F)N1C[C@H]2CC[C@@H]1CN(Cc1ccccc1)C2. The van der Waals surface area contributed by atoms with Gasteiger partial charge in [0, 0.05) is 38.3 Å². The third kappa shape index (κ3) is 3.49. The van der Waals surface area contributed by atoms with E-state index >= 15 is 0 Å². The maximum Gasteiger partial charge on any atom is 0.257 e. The standard InChI is InChI=1S/C21H22F2N2O/c22-17-7-9-19(20(23)10-17)21(26)25-13-16-6-8-18(25)14-24(12-16)11-15-4-2-1-3-5-15/h1-5,7,9-10,16,18H,6,8,11-14H2/t16-,18+/m0/s1. The first-order valence-corrected chi connectivity index (χ1v) is 9.12. The topological polar surface area (TPSA) is 23.6 Å². The van der Waals surface area contributed by atoms with Crippen molar-refractivity contribution >= 4 is 5.91 Å². The van der Waals surface area contributed by atoms with Crippen LogP contribution in [0.2, 0.25) is 0 Å². The number of carbonyl (C=O) groups is 1. The second-order valence-electron chi connectivity index (χ2n) is 7.36. The number of carbonyl (C=O) groups excluding carboxylic acids is 1. The summed E-state index contributed by atoms with van der Waals surface area (Å²) in [4.78, 5) is 17.1. The van der Waals surface area contributed by atoms with Gasteiger partial charge < -0.3 is 4.90 Å². The van der Waals surface area contributed by atoms with Gasteiger partial charge in [0.25, 0.3) is 5.91 Å². The van der Waals surface area contributed by atoms with Crippen LogP contribution in [0.3, 0.4) is 0 Å². The minimum Gasteiger partial charge on any atom is -0.334 e. The van der Waals surface area contributed by atoms with Gasteiger partial charge in [0.15, 0.2) is 0 Å². The molecule has 3 heterocycles. The van der Waals surface area contributed by atoms with E-state index in [0.717, 1.165) is 44.6 Å². The van der Waals surface area contributed by atoms with E-state index in [-0.39, 0.29) is 17.5 Å². The number of fused-ring (bicyclic) bond motifs is 4. The molecule has 5 rings (SSSR count). The highest BCUT2D eigenvalue weighted by atomic mass is 19.1. The number of amides is 1. The molecule has 3 fully saturated rings. The second-order valence-corrected chi connectivity index (χ2v) is 7.36. The third-order valence-corrected chi connectivity index (χ3v) is 5.46. The van der Waals surface area contributed by atoms with Crippen LogP contribution in [-0.2, 0) is 6.54 Å². The molecule has 1 amide bonds. The normalized spacial score (nSPS) is 23.1. The summed E-state index contributed by atoms with van der Waals surface area (Å²) >= 11 is 0. The van der Waals surface area contributed by atoms with Gasteiger partial charge in [-0.05, 0) is 36.5 Å². The molecule has 0 saturated carbocycles. The molecule has 0 N–H and O–H groups in total. The molecule has 136 valence electrons. The zero-order valence-electron chi connectivity index (χ0n) is 14.6. The van der Waals surface area contributed by atoms with Crippen LogP contribution in [0.25, 0.3) is 0 Å². The number of piperidine rings is 1. The van der Waals surface area contributed by atoms with Crippen molar-refractivity contribution in [3.05, 3.63) is 71.3 Å². The van der Waals surface area contributed by atoms with Crippen LogP contribution < -0.4 is 0 Å². The van der Waals surface area contributed by atoms with Crippen molar-refractivity contribution in [2.24, 2.45) is 5.92 Å². The summed E-state index contributed by atoms with van der Waals surface area (Å²) in [5.74, 6) is -1.37. The first-order chi connectivity index (χ1) is 12.6. The van der Waals surface area contributed by atoms with Gasteiger partial charge in [0.05, 0.1) is 5.56 Å². The first-order valence-electron chi connectivity index (χ1n) is 9.12. The Balaban J connectivity index is 1.52. The molecule has 2 bridgehead atoms. The zero-order valence-corrected chi connectivity index (χ0v) is 14.6. The average molecular weight is 356 g/mol. The Morgan fingerprint density at radius 2 is 1.81 bits per heavy atom. The lowest BCUT2D eigenvalue weighted by molar-refractivity contribution is 0.0580. The van der Waals surface area contributed by atoms with Crippen molar-refractivity contribution in [1.29, 1.82) is 0 Å². The number of halogens is 2. The van der Waals surface area contributed by atoms with Gasteiger partial charge in [0.2, 0.25) is 0 Å². The fourth-order valence-electron chi connectivity index (χ4n) is 4.22. The lowest BCUT2D eigenvalue weighted by atomic mass is 9.94. The molecule has 0 aliphatic carbocycles. The smallest absolute Gasteiger partial charge is 0.257 e. The molecule has 0 radical (unpaired) electrons. The molecule has 0 spiro atoms. The molecule has 3 saturated heterocycles. The zero-order chi connectivity index (χ0) is 18.1. The van der Waals surface area contributed by atoms with Crippen molar-refractivity contribution < 1.29 is 13.6 Å². The Hall–Kier alpha value is -2.27. The number of rotatable bonds is 3. The molecule has 2 atom stereocenters. The van der Waals surface area contributed by atoms with Crippen LogP contribution in [0.5, 0.6) is 0 Å². The van der Waals surface area contributed by atoms with Gasteiger partial charge >= 0.3 is 0 Å². The summed E-state index contributed by atoms with van der Waals surface area (Å²) in [5.41, 5.74) is 1.23. The lowest BCUT2D eigenvalue weighted by Gasteiger charge is -2.36. The van der Waals surface area contributed by atoms with E-state index in [4.69, 9.17) is 0 Å². The summed E-state index contributed by atoms with van der Waals surface area (Å²) < 4.78 is 27.2. The molecular weight excluding hydrogens is 334 g/mol. The molecule has 3 aliphatic rings. The summed E-state index contributed by atoms with van der Waals surface area (Å²) in [7, 11) is 0. The number of benzene rings is 2. The molecule has 3 aliphatic heterocycles. The second kappa shape index (κ2) is 7.16. The van der Waals surface area contributed by atoms with Gasteiger partial charge in [-0.25, -0.2) is 8.78 Å². The monoisotopic (exact) mass is 356 g/mol. The Morgan fingerprint density at radius 3 is 2.58 bits per heavy atom. The highest BCUT2D eigenvalue weighted by molar-refractivity contribution is 5.94. The van der Waals surface area contributed by atoms with Crippen molar-refractivity contribution in [3.8, 4) is 0 Å². The summed E-state index contributed by atoms with van der Waals surface area (Å²) in [6.07, 6.45) is 2.02. The molecule has 3 nitrogen and oxygen atoms in total. The van der Waals surface area contributed by atoms with Crippen molar-refractivity contribution in [2.45, 2.75) is 25.4 Å². The number of hydrogen-bond acceptors (Lipinski definition) is 2. The van der Waals surface area contributed by atoms with Gasteiger partial charge in [-0.2, -0.15) is 0 Å². The van der Waals surface area contributed by atoms with Crippen LogP contribution in [0.4, 0.5) is 8.78 Å². The fraction of sp³-hybridized carbons (Fsp3) is 0.381. The average Bonchev–Trinajstić information content (AvgIpc) is 2.92. The molecule has 26 heavy (non-hydrogen) atoms. The van der Waals surface area contributed by atoms with E-state index in [2.05, 4.69) is 17.0 Å². The fourth-order valence-corrected chi connectivity index (χ4v) is 4.22. The van der Waals surface area contributed by atoms with E-state index in [1.165, 1.54) is 11.6 Å². The molecule has 0 aromatic heterocycles. The highest BCUT2D eigenvalue weighted by Gasteiger charge is 2.38. The maximum absolute atomic E-state index is 14.1. The van der Waals surface area contributed by atoms with E-state index in [1.54, 1.807) is 4.90 Å². The Labute approximate surface area is 152 Å². The van der Waals surface area contributed by atoms with Crippen LogP contribution >= 0.6 is 0 Å². The van der Waals surface area contributed by atoms with E-state index in [1.807, 2.05) is 18.2 Å². The third-order valence-electron chi connectivity index (χ3n) is 5.46. The van der Waals surface area contributed by atoms with Crippen LogP contribution in [-0.4, -0.2) is 41.4 Å². The molecular formula is C21H22F2N2O. The Morgan fingerprint density at radius 1 is 1.00 bits per heavy atom. The van der Waals surface area contributed by atoms with Gasteiger partial charge in [-0.15, -0.1) is 0 Å². The lowest BCUT2D eigenvalue weighted by Crippen LogP contribution is -2.47. The first kappa shape index (κ1) is 17.2. The van der Waals surface area contributed by atoms with E-state index in [9.17, 15) is 13.6 Å². The number of hydrogen-bond donors (Lipinski definition) is 0. The minimum absolute atomic E-state index is 0.0337. The largest absolute Gasteiger partial charge is 0.334 e. The van der Waals surface area contributed by atoms with Gasteiger partial charge in [0.1, 0.15) is 11.6 Å². The molecule has 2 aromatic carbocycles. The van der Waals surface area contributed by atoms with Crippen molar-refractivity contribution in [3.63, 3.8) is 0 Å². The van der Waals surface area contributed by atoms with Crippen LogP contribution in [0.1, 0.15) is 28.8 Å².